The number of carbonyl (C=O) groups is 2. The van der Waals surface area contributed by atoms with Gasteiger partial charge in [-0.05, 0) is 48.0 Å². The number of rotatable bonds is 6. The van der Waals surface area contributed by atoms with Crippen LogP contribution in [0.5, 0.6) is 0 Å². The van der Waals surface area contributed by atoms with Gasteiger partial charge in [0, 0.05) is 27.7 Å². The predicted molar refractivity (Wildman–Crippen MR) is 148 cm³/mol. The zero-order valence-corrected chi connectivity index (χ0v) is 23.0. The normalized spacial score (nSPS) is 16.9. The third-order valence-corrected chi connectivity index (χ3v) is 9.89. The Balaban J connectivity index is 1.63. The summed E-state index contributed by atoms with van der Waals surface area (Å²) < 4.78 is 26.2. The smallest absolute Gasteiger partial charge is 0.301 e. The second kappa shape index (κ2) is 10.5. The molecule has 2 heterocycles. The molecule has 0 spiro atoms. The van der Waals surface area contributed by atoms with Gasteiger partial charge in [-0.25, -0.2) is 13.4 Å². The maximum atomic E-state index is 13.4. The summed E-state index contributed by atoms with van der Waals surface area (Å²) in [5.41, 5.74) is -0.0307. The first-order valence-corrected chi connectivity index (χ1v) is 14.3. The fourth-order valence-electron chi connectivity index (χ4n) is 4.13. The zero-order chi connectivity index (χ0) is 28.8. The van der Waals surface area contributed by atoms with Crippen molar-refractivity contribution in [3.05, 3.63) is 116 Å². The van der Waals surface area contributed by atoms with E-state index in [1.807, 2.05) is 0 Å². The predicted octanol–water partition coefficient (Wildman–Crippen LogP) is 5.82. The van der Waals surface area contributed by atoms with Crippen molar-refractivity contribution >= 4 is 72.6 Å². The van der Waals surface area contributed by atoms with Crippen LogP contribution in [0.25, 0.3) is 5.76 Å². The minimum Gasteiger partial charge on any atom is -0.507 e. The van der Waals surface area contributed by atoms with E-state index in [4.69, 9.17) is 23.2 Å². The van der Waals surface area contributed by atoms with Crippen molar-refractivity contribution in [2.75, 3.05) is 4.90 Å². The summed E-state index contributed by atoms with van der Waals surface area (Å²) in [5, 5.41) is 22.5. The van der Waals surface area contributed by atoms with Crippen molar-refractivity contribution in [1.29, 1.82) is 0 Å². The molecule has 1 saturated heterocycles. The molecular weight excluding hydrogens is 601 g/mol. The van der Waals surface area contributed by atoms with Gasteiger partial charge in [0.05, 0.1) is 27.6 Å². The van der Waals surface area contributed by atoms with Crippen LogP contribution in [-0.4, -0.2) is 35.1 Å². The fraction of sp³-hybridized carbons (Fsp3) is 0.0385. The number of sulfone groups is 1. The van der Waals surface area contributed by atoms with E-state index in [0.717, 1.165) is 35.4 Å². The molecule has 0 radical (unpaired) electrons. The molecule has 10 nitrogen and oxygen atoms in total. The maximum absolute atomic E-state index is 13.4. The van der Waals surface area contributed by atoms with Crippen LogP contribution in [0, 0.1) is 10.1 Å². The standard InChI is InChI=1S/C26H15Cl2N3O7S2/c27-15-7-5-14(6-8-15)23(32)21-22(18-3-1-2-4-19(18)28)30(25(34)24(21)33)26-29-13-20(39-26)40(37,38)17-11-9-16(10-12-17)31(35)36/h1-13,22,32H. The zero-order valence-electron chi connectivity index (χ0n) is 19.9. The molecule has 40 heavy (non-hydrogen) atoms. The van der Waals surface area contributed by atoms with Crippen molar-refractivity contribution < 1.29 is 28.0 Å². The SMILES string of the molecule is O=C1C(=O)N(c2ncc(S(=O)(=O)c3ccc([N+](=O)[O-])cc3)s2)C(c2ccccc2Cl)C1=C(O)c1ccc(Cl)cc1. The number of nitro groups is 1. The van der Waals surface area contributed by atoms with E-state index < -0.39 is 38.3 Å². The summed E-state index contributed by atoms with van der Waals surface area (Å²) in [6.45, 7) is 0. The van der Waals surface area contributed by atoms with Crippen LogP contribution in [-0.2, 0) is 19.4 Å². The van der Waals surface area contributed by atoms with Crippen molar-refractivity contribution in [1.82, 2.24) is 4.98 Å². The Morgan fingerprint density at radius 1 is 1.00 bits per heavy atom. The molecule has 1 aliphatic heterocycles. The summed E-state index contributed by atoms with van der Waals surface area (Å²) in [7, 11) is -4.18. The molecule has 1 aliphatic rings. The molecule has 202 valence electrons. The van der Waals surface area contributed by atoms with Crippen LogP contribution in [0.4, 0.5) is 10.8 Å². The second-order valence-electron chi connectivity index (χ2n) is 8.41. The monoisotopic (exact) mass is 615 g/mol. The summed E-state index contributed by atoms with van der Waals surface area (Å²) >= 11 is 13.0. The molecule has 1 unspecified atom stereocenters. The van der Waals surface area contributed by atoms with E-state index in [1.54, 1.807) is 24.3 Å². The number of nitrogens with zero attached hydrogens (tertiary/aromatic N) is 3. The number of hydrogen-bond acceptors (Lipinski definition) is 9. The molecule has 3 aromatic carbocycles. The van der Waals surface area contributed by atoms with E-state index in [0.29, 0.717) is 21.9 Å². The third-order valence-electron chi connectivity index (χ3n) is 6.06. The lowest BCUT2D eigenvalue weighted by Crippen LogP contribution is -2.29. The number of Topliss-reactive ketones (excluding diaryl/α,β-unsaturated/α-hetero) is 1. The highest BCUT2D eigenvalue weighted by atomic mass is 35.5. The molecule has 0 aliphatic carbocycles. The number of carbonyl (C=O) groups excluding carboxylic acids is 2. The number of anilines is 1. The largest absolute Gasteiger partial charge is 0.507 e. The Hall–Kier alpha value is -4.10. The number of aromatic nitrogens is 1. The van der Waals surface area contributed by atoms with Crippen LogP contribution in [0.3, 0.4) is 0 Å². The summed E-state index contributed by atoms with van der Waals surface area (Å²) in [6.07, 6.45) is 1.03. The van der Waals surface area contributed by atoms with Gasteiger partial charge in [-0.15, -0.1) is 0 Å². The Morgan fingerprint density at radius 2 is 1.65 bits per heavy atom. The first-order valence-electron chi connectivity index (χ1n) is 11.3. The molecule has 1 fully saturated rings. The topological polar surface area (TPSA) is 148 Å². The number of ketones is 1. The number of amides is 1. The first kappa shape index (κ1) is 27.5. The van der Waals surface area contributed by atoms with Crippen molar-refractivity contribution in [3.8, 4) is 0 Å². The average molecular weight is 616 g/mol. The number of hydrogen-bond donors (Lipinski definition) is 1. The van der Waals surface area contributed by atoms with Crippen LogP contribution < -0.4 is 4.90 Å². The number of aliphatic hydroxyl groups is 1. The van der Waals surface area contributed by atoms with Gasteiger partial charge in [0.2, 0.25) is 9.84 Å². The number of halogens is 2. The van der Waals surface area contributed by atoms with E-state index in [2.05, 4.69) is 4.98 Å². The van der Waals surface area contributed by atoms with Gasteiger partial charge < -0.3 is 5.11 Å². The first-order chi connectivity index (χ1) is 19.0. The lowest BCUT2D eigenvalue weighted by molar-refractivity contribution is -0.384. The molecule has 14 heteroatoms. The van der Waals surface area contributed by atoms with Crippen molar-refractivity contribution in [3.63, 3.8) is 0 Å². The van der Waals surface area contributed by atoms with Crippen molar-refractivity contribution in [2.24, 2.45) is 0 Å². The molecule has 4 aromatic rings. The van der Waals surface area contributed by atoms with Gasteiger partial charge in [-0.1, -0.05) is 52.7 Å². The van der Waals surface area contributed by atoms with Crippen LogP contribution in [0.15, 0.2) is 93.7 Å². The molecule has 1 N–H and O–H groups in total. The van der Waals surface area contributed by atoms with Gasteiger partial charge in [0.1, 0.15) is 9.97 Å². The van der Waals surface area contributed by atoms with Gasteiger partial charge >= 0.3 is 5.91 Å². The highest BCUT2D eigenvalue weighted by Crippen LogP contribution is 2.46. The van der Waals surface area contributed by atoms with Gasteiger partial charge in [-0.2, -0.15) is 0 Å². The van der Waals surface area contributed by atoms with E-state index in [1.165, 1.54) is 24.3 Å². The Kier molecular flexibility index (Phi) is 7.19. The Morgan fingerprint density at radius 3 is 2.27 bits per heavy atom. The highest BCUT2D eigenvalue weighted by molar-refractivity contribution is 7.93. The van der Waals surface area contributed by atoms with Gasteiger partial charge in [-0.3, -0.25) is 24.6 Å². The quantitative estimate of drug-likeness (QED) is 0.0938. The van der Waals surface area contributed by atoms with Crippen molar-refractivity contribution in [2.45, 2.75) is 15.1 Å². The molecule has 1 aromatic heterocycles. The number of non-ortho nitro benzene ring substituents is 1. The Bertz CT molecular complexity index is 1820. The molecule has 0 saturated carbocycles. The molecule has 1 atom stereocenters. The fourth-order valence-corrected chi connectivity index (χ4v) is 7.05. The minimum atomic E-state index is -4.18. The Labute approximate surface area is 240 Å². The average Bonchev–Trinajstić information content (AvgIpc) is 3.52. The lowest BCUT2D eigenvalue weighted by Gasteiger charge is -2.23. The summed E-state index contributed by atoms with van der Waals surface area (Å²) in [5.74, 6) is -2.54. The summed E-state index contributed by atoms with van der Waals surface area (Å²) in [4.78, 5) is 41.8. The van der Waals surface area contributed by atoms with E-state index >= 15 is 0 Å². The molecular formula is C26H15Cl2N3O7S2. The van der Waals surface area contributed by atoms with Gasteiger partial charge in [0.15, 0.2) is 5.13 Å². The van der Waals surface area contributed by atoms with Crippen LogP contribution >= 0.6 is 34.5 Å². The highest BCUT2D eigenvalue weighted by Gasteiger charge is 2.49. The summed E-state index contributed by atoms with van der Waals surface area (Å²) in [6, 6.07) is 15.4. The van der Waals surface area contributed by atoms with Gasteiger partial charge in [0.25, 0.3) is 11.5 Å². The molecule has 1 amide bonds. The second-order valence-corrected chi connectivity index (χ2v) is 12.4. The number of nitro benzene ring substituents is 1. The molecule has 0 bridgehead atoms. The number of thiazole rings is 1. The lowest BCUT2D eigenvalue weighted by atomic mass is 9.95. The third kappa shape index (κ3) is 4.75. The van der Waals surface area contributed by atoms with E-state index in [-0.39, 0.29) is 36.1 Å². The number of aliphatic hydroxyl groups excluding tert-OH is 1. The minimum absolute atomic E-state index is 0.136. The van der Waals surface area contributed by atoms with Crippen LogP contribution in [0.1, 0.15) is 17.2 Å². The molecule has 5 rings (SSSR count). The number of benzene rings is 3. The maximum Gasteiger partial charge on any atom is 0.301 e. The van der Waals surface area contributed by atoms with Crippen LogP contribution in [0.2, 0.25) is 10.0 Å². The van der Waals surface area contributed by atoms with E-state index in [9.17, 15) is 33.2 Å².